The highest BCUT2D eigenvalue weighted by Crippen LogP contribution is 2.52. The lowest BCUT2D eigenvalue weighted by molar-refractivity contribution is -0.0307. The first-order valence-electron chi connectivity index (χ1n) is 12.2. The van der Waals surface area contributed by atoms with Crippen LogP contribution in [0.2, 0.25) is 18.1 Å². The van der Waals surface area contributed by atoms with Gasteiger partial charge < -0.3 is 14.9 Å². The Bertz CT molecular complexity index is 1480. The van der Waals surface area contributed by atoms with Crippen LogP contribution in [0.25, 0.3) is 0 Å². The van der Waals surface area contributed by atoms with Crippen molar-refractivity contribution in [3.05, 3.63) is 74.0 Å². The molecule has 2 aromatic rings. The summed E-state index contributed by atoms with van der Waals surface area (Å²) in [5.41, 5.74) is 3.97. The quantitative estimate of drug-likeness (QED) is 0.311. The normalized spacial score (nSPS) is 27.1. The van der Waals surface area contributed by atoms with E-state index in [2.05, 4.69) is 0 Å². The first-order valence-corrected chi connectivity index (χ1v) is 17.6. The van der Waals surface area contributed by atoms with Crippen LogP contribution in [0.4, 0.5) is 0 Å². The fraction of sp³-hybridized carbons (Fsp3) is 0.520. The lowest BCUT2D eigenvalue weighted by Crippen LogP contribution is -2.58. The zero-order valence-corrected chi connectivity index (χ0v) is 25.3. The molecule has 1 aromatic carbocycles. The molecule has 1 spiro atoms. The number of nitrogens with zero attached hydrogens (tertiary/aromatic N) is 2. The van der Waals surface area contributed by atoms with E-state index in [1.54, 1.807) is 6.92 Å². The van der Waals surface area contributed by atoms with E-state index in [1.807, 2.05) is 64.2 Å². The number of aromatic nitrogens is 2. The molecule has 0 unspecified atom stereocenters. The Balaban J connectivity index is 1.91. The van der Waals surface area contributed by atoms with Crippen LogP contribution in [-0.4, -0.2) is 49.4 Å². The van der Waals surface area contributed by atoms with Gasteiger partial charge in [-0.05, 0) is 37.2 Å². The molecule has 2 aliphatic heterocycles. The molecule has 0 amide bonds. The minimum atomic E-state index is -4.15. The van der Waals surface area contributed by atoms with E-state index in [1.165, 1.54) is 29.6 Å². The van der Waals surface area contributed by atoms with Crippen molar-refractivity contribution in [3.8, 4) is 0 Å². The fourth-order valence-electron chi connectivity index (χ4n) is 4.43. The monoisotopic (exact) mass is 581 g/mol. The number of hydrogen-bond acceptors (Lipinski definition) is 9. The minimum Gasteiger partial charge on any atom is -0.406 e. The smallest absolute Gasteiger partial charge is 0.332 e. The second-order valence-electron chi connectivity index (χ2n) is 11.2. The van der Waals surface area contributed by atoms with Crippen LogP contribution < -0.4 is 17.0 Å². The summed E-state index contributed by atoms with van der Waals surface area (Å²) in [4.78, 5) is 26.7. The maximum absolute atomic E-state index is 13.3. The van der Waals surface area contributed by atoms with Crippen LogP contribution in [0.5, 0.6) is 0 Å². The number of aryl methyl sites for hydroxylation is 1. The molecule has 0 bridgehead atoms. The molecule has 0 saturated carbocycles. The maximum Gasteiger partial charge on any atom is 0.332 e. The Labute approximate surface area is 228 Å². The number of ether oxygens (including phenoxy) is 1. The molecule has 4 rings (SSSR count). The predicted molar refractivity (Wildman–Crippen MR) is 149 cm³/mol. The molecular weight excluding hydrogens is 547 g/mol. The molecule has 0 aliphatic carbocycles. The Morgan fingerprint density at radius 2 is 1.82 bits per heavy atom. The first kappa shape index (κ1) is 28.8. The summed E-state index contributed by atoms with van der Waals surface area (Å²) >= 11 is 1.45. The summed E-state index contributed by atoms with van der Waals surface area (Å²) < 4.78 is 47.0. The summed E-state index contributed by atoms with van der Waals surface area (Å²) in [5, 5.41) is 0.631. The molecule has 4 atom stereocenters. The van der Waals surface area contributed by atoms with Crippen molar-refractivity contribution in [1.29, 1.82) is 0 Å². The van der Waals surface area contributed by atoms with E-state index in [0.717, 1.165) is 14.9 Å². The second-order valence-corrected chi connectivity index (χ2v) is 18.5. The van der Waals surface area contributed by atoms with Gasteiger partial charge in [0.05, 0.1) is 11.1 Å². The summed E-state index contributed by atoms with van der Waals surface area (Å²) in [6.07, 6.45) is -1.68. The largest absolute Gasteiger partial charge is 0.406 e. The lowest BCUT2D eigenvalue weighted by Gasteiger charge is -2.43. The van der Waals surface area contributed by atoms with E-state index >= 15 is 0 Å². The van der Waals surface area contributed by atoms with Crippen molar-refractivity contribution in [2.75, 3.05) is 5.75 Å². The van der Waals surface area contributed by atoms with E-state index < -0.39 is 53.7 Å². The summed E-state index contributed by atoms with van der Waals surface area (Å²) in [5.74, 6) is 0.265. The van der Waals surface area contributed by atoms with Crippen LogP contribution >= 0.6 is 11.8 Å². The van der Waals surface area contributed by atoms with E-state index in [0.29, 0.717) is 5.56 Å². The predicted octanol–water partition coefficient (Wildman–Crippen LogP) is 2.83. The highest BCUT2D eigenvalue weighted by atomic mass is 32.2. The molecular formula is C25H35N3O7S2Si. The van der Waals surface area contributed by atoms with E-state index in [-0.39, 0.29) is 16.5 Å². The van der Waals surface area contributed by atoms with Crippen molar-refractivity contribution >= 4 is 30.2 Å². The standard InChI is InChI=1S/C25H35N3O7S2Si/c1-16-13-28(23(30)27(5)21(16)29)22-20(34-38(6,7)24(2,3)4)25(18(26)15-37(31,32)35-25)19(33-22)14-36-17-11-9-8-10-12-17/h8-13,15,19-20,22H,14,26H2,1-7H3/t19-,20+,22-,25-/m1/s1. The maximum atomic E-state index is 13.3. The van der Waals surface area contributed by atoms with Crippen molar-refractivity contribution in [1.82, 2.24) is 9.13 Å². The third-order valence-electron chi connectivity index (χ3n) is 7.57. The lowest BCUT2D eigenvalue weighted by atomic mass is 9.90. The van der Waals surface area contributed by atoms with Gasteiger partial charge >= 0.3 is 5.69 Å². The van der Waals surface area contributed by atoms with Crippen LogP contribution in [0.15, 0.2) is 62.1 Å². The molecule has 2 aliphatic rings. The Kier molecular flexibility index (Phi) is 7.43. The molecule has 1 fully saturated rings. The highest BCUT2D eigenvalue weighted by molar-refractivity contribution is 7.99. The zero-order chi connectivity index (χ0) is 28.3. The Morgan fingerprint density at radius 1 is 1.18 bits per heavy atom. The molecule has 13 heteroatoms. The van der Waals surface area contributed by atoms with Gasteiger partial charge in [0.2, 0.25) is 0 Å². The van der Waals surface area contributed by atoms with Crippen LogP contribution in [-0.2, 0) is 30.5 Å². The first-order chi connectivity index (χ1) is 17.5. The van der Waals surface area contributed by atoms with Gasteiger partial charge in [0, 0.05) is 29.5 Å². The van der Waals surface area contributed by atoms with Gasteiger partial charge in [-0.3, -0.25) is 13.9 Å². The molecule has 10 nitrogen and oxygen atoms in total. The van der Waals surface area contributed by atoms with E-state index in [4.69, 9.17) is 19.1 Å². The minimum absolute atomic E-state index is 0.0445. The van der Waals surface area contributed by atoms with Crippen molar-refractivity contribution in [2.45, 2.75) is 74.8 Å². The van der Waals surface area contributed by atoms with E-state index in [9.17, 15) is 18.0 Å². The molecule has 1 aromatic heterocycles. The van der Waals surface area contributed by atoms with Gasteiger partial charge in [0.15, 0.2) is 20.1 Å². The van der Waals surface area contributed by atoms with Crippen molar-refractivity contribution in [2.24, 2.45) is 12.8 Å². The van der Waals surface area contributed by atoms with Crippen LogP contribution in [0, 0.1) is 6.92 Å². The van der Waals surface area contributed by atoms with Crippen LogP contribution in [0.3, 0.4) is 0 Å². The summed E-state index contributed by atoms with van der Waals surface area (Å²) in [7, 11) is -5.38. The third-order valence-corrected chi connectivity index (χ3v) is 14.2. The third kappa shape index (κ3) is 4.95. The fourth-order valence-corrected chi connectivity index (χ4v) is 7.95. The van der Waals surface area contributed by atoms with Crippen LogP contribution in [0.1, 0.15) is 32.6 Å². The Morgan fingerprint density at radius 3 is 2.37 bits per heavy atom. The SMILES string of the molecule is Cc1cn([C@@H]2O[C@H](CSc3ccccc3)[C@@]3(OS(=O)(=O)C=C3N)[C@H]2O[Si](C)(C)C(C)(C)C)c(=O)n(C)c1=O. The molecule has 3 heterocycles. The average molecular weight is 582 g/mol. The number of nitrogens with two attached hydrogens (primary N) is 1. The van der Waals surface area contributed by atoms with Crippen molar-refractivity contribution < 1.29 is 21.8 Å². The number of rotatable bonds is 6. The molecule has 38 heavy (non-hydrogen) atoms. The zero-order valence-electron chi connectivity index (χ0n) is 22.6. The van der Waals surface area contributed by atoms with Gasteiger partial charge in [0.1, 0.15) is 12.2 Å². The van der Waals surface area contributed by atoms with Crippen molar-refractivity contribution in [3.63, 3.8) is 0 Å². The van der Waals surface area contributed by atoms with Gasteiger partial charge in [-0.1, -0.05) is 39.0 Å². The molecule has 208 valence electrons. The van der Waals surface area contributed by atoms with Gasteiger partial charge in [-0.2, -0.15) is 8.42 Å². The van der Waals surface area contributed by atoms with Gasteiger partial charge in [-0.25, -0.2) is 8.98 Å². The average Bonchev–Trinajstić information content (AvgIpc) is 3.25. The topological polar surface area (TPSA) is 132 Å². The number of hydrogen-bond donors (Lipinski definition) is 1. The molecule has 2 N–H and O–H groups in total. The van der Waals surface area contributed by atoms with Gasteiger partial charge in [-0.15, -0.1) is 11.8 Å². The highest BCUT2D eigenvalue weighted by Gasteiger charge is 2.67. The number of benzene rings is 1. The summed E-state index contributed by atoms with van der Waals surface area (Å²) in [6, 6.07) is 9.56. The van der Waals surface area contributed by atoms with Gasteiger partial charge in [0.25, 0.3) is 15.7 Å². The number of thioether (sulfide) groups is 1. The summed E-state index contributed by atoms with van der Waals surface area (Å²) in [6.45, 7) is 11.8. The molecule has 1 saturated heterocycles. The second kappa shape index (κ2) is 9.79. The Hall–Kier alpha value is -2.16. The molecule has 0 radical (unpaired) electrons.